The van der Waals surface area contributed by atoms with Gasteiger partial charge in [-0.2, -0.15) is 0 Å². The van der Waals surface area contributed by atoms with Crippen molar-refractivity contribution >= 4 is 46.8 Å². The maximum Gasteiger partial charge on any atom is 0.243 e. The number of benzene rings is 2. The zero-order chi connectivity index (χ0) is 23.6. The van der Waals surface area contributed by atoms with Crippen LogP contribution in [-0.2, 0) is 21.9 Å². The van der Waals surface area contributed by atoms with Crippen LogP contribution in [-0.4, -0.2) is 34.6 Å². The number of rotatable bonds is 10. The molecule has 1 N–H and O–H groups in total. The molecule has 1 saturated carbocycles. The van der Waals surface area contributed by atoms with Gasteiger partial charge in [0.2, 0.25) is 11.8 Å². The van der Waals surface area contributed by atoms with Gasteiger partial charge in [-0.15, -0.1) is 11.8 Å². The zero-order valence-electron chi connectivity index (χ0n) is 19.1. The van der Waals surface area contributed by atoms with Gasteiger partial charge in [-0.05, 0) is 54.7 Å². The molecule has 1 aliphatic carbocycles. The Labute approximate surface area is 211 Å². The Bertz CT molecular complexity index is 917. The number of carbonyl (C=O) groups is 2. The summed E-state index contributed by atoms with van der Waals surface area (Å²) in [6.45, 7) is 2.34. The van der Waals surface area contributed by atoms with Crippen LogP contribution in [0, 0.1) is 0 Å². The van der Waals surface area contributed by atoms with Gasteiger partial charge in [0.05, 0.1) is 5.75 Å². The SMILES string of the molecule is CCC(C(=O)NC1CCCCC1)N(Cc1ccc(Cl)cc1)C(=O)CSCc1cccc(Cl)c1. The van der Waals surface area contributed by atoms with Crippen molar-refractivity contribution in [1.82, 2.24) is 10.2 Å². The van der Waals surface area contributed by atoms with Crippen molar-refractivity contribution in [2.24, 2.45) is 0 Å². The third-order valence-electron chi connectivity index (χ3n) is 5.99. The van der Waals surface area contributed by atoms with E-state index in [1.807, 2.05) is 55.5 Å². The Morgan fingerprint density at radius 1 is 1.03 bits per heavy atom. The highest BCUT2D eigenvalue weighted by atomic mass is 35.5. The molecule has 0 heterocycles. The number of halogens is 2. The molecular formula is C26H32Cl2N2O2S. The minimum Gasteiger partial charge on any atom is -0.352 e. The van der Waals surface area contributed by atoms with Crippen LogP contribution in [0.25, 0.3) is 0 Å². The first-order valence-electron chi connectivity index (χ1n) is 11.6. The molecule has 0 radical (unpaired) electrons. The van der Waals surface area contributed by atoms with Crippen molar-refractivity contribution < 1.29 is 9.59 Å². The molecule has 4 nitrogen and oxygen atoms in total. The molecule has 1 fully saturated rings. The fourth-order valence-electron chi connectivity index (χ4n) is 4.22. The first-order valence-corrected chi connectivity index (χ1v) is 13.5. The molecule has 2 aromatic rings. The largest absolute Gasteiger partial charge is 0.352 e. The Morgan fingerprint density at radius 3 is 2.42 bits per heavy atom. The van der Waals surface area contributed by atoms with Crippen LogP contribution in [0.3, 0.4) is 0 Å². The van der Waals surface area contributed by atoms with Gasteiger partial charge >= 0.3 is 0 Å². The fourth-order valence-corrected chi connectivity index (χ4v) is 5.41. The zero-order valence-corrected chi connectivity index (χ0v) is 21.4. The topological polar surface area (TPSA) is 49.4 Å². The van der Waals surface area contributed by atoms with E-state index in [9.17, 15) is 9.59 Å². The molecule has 7 heteroatoms. The lowest BCUT2D eigenvalue weighted by Crippen LogP contribution is -2.52. The third-order valence-corrected chi connectivity index (χ3v) is 7.46. The lowest BCUT2D eigenvalue weighted by Gasteiger charge is -2.32. The third kappa shape index (κ3) is 8.24. The summed E-state index contributed by atoms with van der Waals surface area (Å²) < 4.78 is 0. The molecule has 0 spiro atoms. The second-order valence-electron chi connectivity index (χ2n) is 8.54. The lowest BCUT2D eigenvalue weighted by molar-refractivity contribution is -0.139. The standard InChI is InChI=1S/C26H32Cl2N2O2S/c1-2-24(26(32)29-23-9-4-3-5-10-23)30(16-19-11-13-21(27)14-12-19)25(31)18-33-17-20-7-6-8-22(28)15-20/h6-8,11-15,23-24H,2-5,9-10,16-18H2,1H3,(H,29,32). The minimum atomic E-state index is -0.498. The highest BCUT2D eigenvalue weighted by molar-refractivity contribution is 7.99. The minimum absolute atomic E-state index is 0.0392. The Hall–Kier alpha value is -1.69. The summed E-state index contributed by atoms with van der Waals surface area (Å²) in [4.78, 5) is 28.3. The number of carbonyl (C=O) groups excluding carboxylic acids is 2. The number of nitrogens with zero attached hydrogens (tertiary/aromatic N) is 1. The molecule has 1 atom stereocenters. The van der Waals surface area contributed by atoms with Gasteiger partial charge in [-0.25, -0.2) is 0 Å². The molecule has 1 unspecified atom stereocenters. The van der Waals surface area contributed by atoms with Crippen LogP contribution in [0.5, 0.6) is 0 Å². The first kappa shape index (κ1) is 25.9. The lowest BCUT2D eigenvalue weighted by atomic mass is 9.95. The summed E-state index contributed by atoms with van der Waals surface area (Å²) in [6, 6.07) is 14.8. The van der Waals surface area contributed by atoms with Crippen molar-refractivity contribution in [3.8, 4) is 0 Å². The van der Waals surface area contributed by atoms with Crippen LogP contribution in [0.1, 0.15) is 56.6 Å². The van der Waals surface area contributed by atoms with Crippen molar-refractivity contribution in [3.63, 3.8) is 0 Å². The van der Waals surface area contributed by atoms with Gasteiger partial charge < -0.3 is 10.2 Å². The van der Waals surface area contributed by atoms with Gasteiger partial charge in [0.15, 0.2) is 0 Å². The number of hydrogen-bond donors (Lipinski definition) is 1. The van der Waals surface area contributed by atoms with Crippen LogP contribution in [0.2, 0.25) is 10.0 Å². The number of nitrogens with one attached hydrogen (secondary N) is 1. The Balaban J connectivity index is 1.69. The van der Waals surface area contributed by atoms with E-state index < -0.39 is 6.04 Å². The molecule has 2 aromatic carbocycles. The van der Waals surface area contributed by atoms with Crippen molar-refractivity contribution in [3.05, 3.63) is 69.7 Å². The van der Waals surface area contributed by atoms with Crippen LogP contribution in [0.15, 0.2) is 48.5 Å². The van der Waals surface area contributed by atoms with Gasteiger partial charge in [0, 0.05) is 28.4 Å². The van der Waals surface area contributed by atoms with E-state index in [0.29, 0.717) is 34.5 Å². The normalized spacial score (nSPS) is 15.1. The summed E-state index contributed by atoms with van der Waals surface area (Å²) in [6.07, 6.45) is 6.13. The molecule has 0 saturated heterocycles. The van der Waals surface area contributed by atoms with Gasteiger partial charge in [0.25, 0.3) is 0 Å². The smallest absolute Gasteiger partial charge is 0.243 e. The summed E-state index contributed by atoms with van der Waals surface area (Å²) >= 11 is 13.7. The van der Waals surface area contributed by atoms with E-state index in [1.165, 1.54) is 18.2 Å². The monoisotopic (exact) mass is 506 g/mol. The van der Waals surface area contributed by atoms with E-state index in [-0.39, 0.29) is 17.9 Å². The van der Waals surface area contributed by atoms with E-state index in [0.717, 1.165) is 36.8 Å². The van der Waals surface area contributed by atoms with Crippen molar-refractivity contribution in [2.45, 2.75) is 69.8 Å². The summed E-state index contributed by atoms with van der Waals surface area (Å²) in [7, 11) is 0. The average molecular weight is 508 g/mol. The van der Waals surface area contributed by atoms with Gasteiger partial charge in [-0.3, -0.25) is 9.59 Å². The molecular weight excluding hydrogens is 475 g/mol. The molecule has 3 rings (SSSR count). The predicted octanol–water partition coefficient (Wildman–Crippen LogP) is 6.48. The first-order chi connectivity index (χ1) is 16.0. The maximum absolute atomic E-state index is 13.3. The molecule has 178 valence electrons. The highest BCUT2D eigenvalue weighted by Gasteiger charge is 2.30. The van der Waals surface area contributed by atoms with E-state index >= 15 is 0 Å². The van der Waals surface area contributed by atoms with Gasteiger partial charge in [-0.1, -0.05) is 73.7 Å². The fraction of sp³-hybridized carbons (Fsp3) is 0.462. The van der Waals surface area contributed by atoms with E-state index in [1.54, 1.807) is 4.90 Å². The number of hydrogen-bond acceptors (Lipinski definition) is 3. The Kier molecular flexibility index (Phi) is 10.4. The molecule has 1 aliphatic rings. The summed E-state index contributed by atoms with van der Waals surface area (Å²) in [5, 5.41) is 4.55. The summed E-state index contributed by atoms with van der Waals surface area (Å²) in [5.41, 5.74) is 2.03. The Morgan fingerprint density at radius 2 is 1.76 bits per heavy atom. The number of thioether (sulfide) groups is 1. The van der Waals surface area contributed by atoms with Crippen molar-refractivity contribution in [2.75, 3.05) is 5.75 Å². The highest BCUT2D eigenvalue weighted by Crippen LogP contribution is 2.21. The van der Waals surface area contributed by atoms with Crippen LogP contribution < -0.4 is 5.32 Å². The van der Waals surface area contributed by atoms with Crippen LogP contribution in [0.4, 0.5) is 0 Å². The van der Waals surface area contributed by atoms with Crippen molar-refractivity contribution in [1.29, 1.82) is 0 Å². The molecule has 33 heavy (non-hydrogen) atoms. The van der Waals surface area contributed by atoms with E-state index in [2.05, 4.69) is 5.32 Å². The average Bonchev–Trinajstić information content (AvgIpc) is 2.81. The molecule has 2 amide bonds. The van der Waals surface area contributed by atoms with Gasteiger partial charge in [0.1, 0.15) is 6.04 Å². The summed E-state index contributed by atoms with van der Waals surface area (Å²) in [5.74, 6) is 0.897. The molecule has 0 bridgehead atoms. The molecule has 0 aromatic heterocycles. The second kappa shape index (κ2) is 13.3. The van der Waals surface area contributed by atoms with Crippen LogP contribution >= 0.6 is 35.0 Å². The molecule has 0 aliphatic heterocycles. The maximum atomic E-state index is 13.3. The number of amides is 2. The quantitative estimate of drug-likeness (QED) is 0.400. The van der Waals surface area contributed by atoms with E-state index in [4.69, 9.17) is 23.2 Å². The predicted molar refractivity (Wildman–Crippen MR) is 139 cm³/mol. The second-order valence-corrected chi connectivity index (χ2v) is 10.4.